The highest BCUT2D eigenvalue weighted by molar-refractivity contribution is 5.86. The van der Waals surface area contributed by atoms with Gasteiger partial charge >= 0.3 is 5.97 Å². The van der Waals surface area contributed by atoms with Gasteiger partial charge < -0.3 is 14.8 Å². The molecule has 8 heteroatoms. The van der Waals surface area contributed by atoms with Crippen molar-refractivity contribution >= 4 is 16.9 Å². The number of nitrogens with one attached hydrogen (secondary N) is 1. The van der Waals surface area contributed by atoms with Crippen LogP contribution in [0.2, 0.25) is 0 Å². The van der Waals surface area contributed by atoms with Crippen LogP contribution in [0.5, 0.6) is 5.75 Å². The molecule has 0 aliphatic rings. The summed E-state index contributed by atoms with van der Waals surface area (Å²) >= 11 is 0. The number of fused-ring (bicyclic) bond motifs is 1. The predicted octanol–water partition coefficient (Wildman–Crippen LogP) is 3.74. The van der Waals surface area contributed by atoms with Crippen LogP contribution in [0.3, 0.4) is 0 Å². The second kappa shape index (κ2) is 7.75. The SMILES string of the molecule is CCOC(=O)C[C@@H](c1ccc(F)c(F)c1F)c1c(O)c2ccccc2[nH]c1=O. The lowest BCUT2D eigenvalue weighted by molar-refractivity contribution is -0.143. The first-order chi connectivity index (χ1) is 13.3. The van der Waals surface area contributed by atoms with E-state index < -0.39 is 52.6 Å². The molecule has 0 aliphatic carbocycles. The number of aromatic amines is 1. The van der Waals surface area contributed by atoms with Gasteiger partial charge in [-0.3, -0.25) is 9.59 Å². The molecule has 0 radical (unpaired) electrons. The number of hydrogen-bond acceptors (Lipinski definition) is 4. The van der Waals surface area contributed by atoms with Crippen molar-refractivity contribution < 1.29 is 27.8 Å². The third kappa shape index (κ3) is 3.45. The van der Waals surface area contributed by atoms with Crippen LogP contribution in [-0.2, 0) is 9.53 Å². The van der Waals surface area contributed by atoms with Crippen LogP contribution in [0.4, 0.5) is 13.2 Å². The molecule has 0 saturated heterocycles. The molecule has 0 bridgehead atoms. The molecule has 2 N–H and O–H groups in total. The van der Waals surface area contributed by atoms with Gasteiger partial charge in [-0.15, -0.1) is 0 Å². The number of H-pyrrole nitrogens is 1. The molecular formula is C20H16F3NO4. The highest BCUT2D eigenvalue weighted by atomic mass is 19.2. The number of ether oxygens (including phenoxy) is 1. The number of hydrogen-bond donors (Lipinski definition) is 2. The maximum atomic E-state index is 14.5. The molecule has 28 heavy (non-hydrogen) atoms. The Morgan fingerprint density at radius 1 is 1.14 bits per heavy atom. The summed E-state index contributed by atoms with van der Waals surface area (Å²) in [4.78, 5) is 27.2. The van der Waals surface area contributed by atoms with Gasteiger partial charge in [-0.2, -0.15) is 0 Å². The van der Waals surface area contributed by atoms with Crippen molar-refractivity contribution in [2.45, 2.75) is 19.3 Å². The molecule has 0 unspecified atom stereocenters. The smallest absolute Gasteiger partial charge is 0.306 e. The van der Waals surface area contributed by atoms with Crippen LogP contribution in [0.1, 0.15) is 30.4 Å². The number of esters is 1. The summed E-state index contributed by atoms with van der Waals surface area (Å²) in [6.45, 7) is 1.59. The van der Waals surface area contributed by atoms with E-state index in [-0.39, 0.29) is 17.6 Å². The van der Waals surface area contributed by atoms with Crippen molar-refractivity contribution in [1.29, 1.82) is 0 Å². The summed E-state index contributed by atoms with van der Waals surface area (Å²) in [5.41, 5.74) is -1.23. The molecule has 146 valence electrons. The van der Waals surface area contributed by atoms with E-state index in [1.165, 1.54) is 6.07 Å². The minimum Gasteiger partial charge on any atom is -0.507 e. The Morgan fingerprint density at radius 3 is 2.57 bits per heavy atom. The highest BCUT2D eigenvalue weighted by Crippen LogP contribution is 2.37. The summed E-state index contributed by atoms with van der Waals surface area (Å²) in [6, 6.07) is 7.96. The van der Waals surface area contributed by atoms with E-state index in [4.69, 9.17) is 4.74 Å². The summed E-state index contributed by atoms with van der Waals surface area (Å²) in [7, 11) is 0. The summed E-state index contributed by atoms with van der Waals surface area (Å²) < 4.78 is 46.4. The normalized spacial score (nSPS) is 12.1. The number of para-hydroxylation sites is 1. The van der Waals surface area contributed by atoms with Gasteiger partial charge in [-0.25, -0.2) is 13.2 Å². The Balaban J connectivity index is 2.26. The average Bonchev–Trinajstić information content (AvgIpc) is 2.66. The topological polar surface area (TPSA) is 79.4 Å². The van der Waals surface area contributed by atoms with E-state index in [0.717, 1.165) is 6.07 Å². The van der Waals surface area contributed by atoms with Crippen molar-refractivity contribution in [1.82, 2.24) is 4.98 Å². The van der Waals surface area contributed by atoms with Crippen LogP contribution < -0.4 is 5.56 Å². The number of benzene rings is 2. The second-order valence-corrected chi connectivity index (χ2v) is 6.09. The zero-order valence-electron chi connectivity index (χ0n) is 14.8. The fourth-order valence-corrected chi connectivity index (χ4v) is 3.13. The van der Waals surface area contributed by atoms with Crippen molar-refractivity contribution in [3.8, 4) is 5.75 Å². The van der Waals surface area contributed by atoms with Crippen molar-refractivity contribution in [2.24, 2.45) is 0 Å². The van der Waals surface area contributed by atoms with Gasteiger partial charge in [-0.05, 0) is 30.7 Å². The van der Waals surface area contributed by atoms with Crippen LogP contribution in [-0.4, -0.2) is 22.7 Å². The first-order valence-corrected chi connectivity index (χ1v) is 8.48. The Kier molecular flexibility index (Phi) is 5.39. The molecule has 3 aromatic rings. The standard InChI is InChI=1S/C20H16F3NO4/c1-2-28-15(25)9-12(10-7-8-13(21)18(23)17(10)22)16-19(26)11-5-3-4-6-14(11)24-20(16)27/h3-8,12H,2,9H2,1H3,(H2,24,26,27)/t12-/m0/s1. The van der Waals surface area contributed by atoms with Crippen molar-refractivity contribution in [2.75, 3.05) is 6.61 Å². The lowest BCUT2D eigenvalue weighted by atomic mass is 9.87. The van der Waals surface area contributed by atoms with E-state index in [9.17, 15) is 27.9 Å². The molecule has 1 heterocycles. The van der Waals surface area contributed by atoms with Crippen molar-refractivity contribution in [3.63, 3.8) is 0 Å². The lowest BCUT2D eigenvalue weighted by Gasteiger charge is -2.19. The minimum atomic E-state index is -1.73. The Morgan fingerprint density at radius 2 is 1.86 bits per heavy atom. The average molecular weight is 391 g/mol. The predicted molar refractivity (Wildman–Crippen MR) is 95.6 cm³/mol. The van der Waals surface area contributed by atoms with E-state index in [1.54, 1.807) is 25.1 Å². The first-order valence-electron chi connectivity index (χ1n) is 8.48. The Bertz CT molecular complexity index is 1110. The van der Waals surface area contributed by atoms with Crippen LogP contribution in [0.15, 0.2) is 41.2 Å². The van der Waals surface area contributed by atoms with Gasteiger partial charge in [0.05, 0.1) is 24.1 Å². The largest absolute Gasteiger partial charge is 0.507 e. The molecule has 3 rings (SSSR count). The molecular weight excluding hydrogens is 375 g/mol. The van der Waals surface area contributed by atoms with Gasteiger partial charge in [0.15, 0.2) is 17.5 Å². The molecule has 0 aliphatic heterocycles. The van der Waals surface area contributed by atoms with Gasteiger partial charge in [0, 0.05) is 11.3 Å². The number of rotatable bonds is 5. The molecule has 0 saturated carbocycles. The summed E-state index contributed by atoms with van der Waals surface area (Å²) in [5.74, 6) is -7.33. The summed E-state index contributed by atoms with van der Waals surface area (Å²) in [5, 5.41) is 10.9. The number of carbonyl (C=O) groups excluding carboxylic acids is 1. The highest BCUT2D eigenvalue weighted by Gasteiger charge is 2.30. The molecule has 1 aromatic heterocycles. The van der Waals surface area contributed by atoms with E-state index in [0.29, 0.717) is 11.6 Å². The van der Waals surface area contributed by atoms with Crippen molar-refractivity contribution in [3.05, 3.63) is 75.3 Å². The van der Waals surface area contributed by atoms with Gasteiger partial charge in [0.1, 0.15) is 5.75 Å². The van der Waals surface area contributed by atoms with Crippen LogP contribution in [0, 0.1) is 17.5 Å². The molecule has 5 nitrogen and oxygen atoms in total. The minimum absolute atomic E-state index is 0.0336. The molecule has 2 aromatic carbocycles. The molecule has 0 spiro atoms. The Hall–Kier alpha value is -3.29. The van der Waals surface area contributed by atoms with Gasteiger partial charge in [0.2, 0.25) is 0 Å². The van der Waals surface area contributed by atoms with E-state index in [1.807, 2.05) is 0 Å². The van der Waals surface area contributed by atoms with E-state index in [2.05, 4.69) is 4.98 Å². The molecule has 0 fully saturated rings. The first kappa shape index (κ1) is 19.5. The van der Waals surface area contributed by atoms with Gasteiger partial charge in [0.25, 0.3) is 5.56 Å². The number of halogens is 3. The summed E-state index contributed by atoms with van der Waals surface area (Å²) in [6.07, 6.45) is -0.551. The number of carbonyl (C=O) groups is 1. The maximum Gasteiger partial charge on any atom is 0.306 e. The fourth-order valence-electron chi connectivity index (χ4n) is 3.13. The van der Waals surface area contributed by atoms with Gasteiger partial charge in [-0.1, -0.05) is 18.2 Å². The Labute approximate surface area is 157 Å². The quantitative estimate of drug-likeness (QED) is 0.513. The fraction of sp³-hybridized carbons (Fsp3) is 0.200. The third-order valence-electron chi connectivity index (χ3n) is 4.40. The third-order valence-corrected chi connectivity index (χ3v) is 4.40. The molecule has 1 atom stereocenters. The molecule has 0 amide bonds. The van der Waals surface area contributed by atoms with Crippen LogP contribution in [0.25, 0.3) is 10.9 Å². The zero-order chi connectivity index (χ0) is 20.4. The maximum absolute atomic E-state index is 14.5. The number of aromatic hydroxyl groups is 1. The van der Waals surface area contributed by atoms with Crippen LogP contribution >= 0.6 is 0 Å². The monoisotopic (exact) mass is 391 g/mol. The number of pyridine rings is 1. The second-order valence-electron chi connectivity index (χ2n) is 6.09. The lowest BCUT2D eigenvalue weighted by Crippen LogP contribution is -2.22. The van der Waals surface area contributed by atoms with E-state index >= 15 is 0 Å². The number of aromatic nitrogens is 1. The zero-order valence-corrected chi connectivity index (χ0v) is 14.8.